The average molecular weight is 282 g/mol. The fraction of sp³-hybridized carbons (Fsp3) is 0.571. The first-order valence-corrected chi connectivity index (χ1v) is 8.62. The van der Waals surface area contributed by atoms with Crippen molar-refractivity contribution in [2.24, 2.45) is 0 Å². The molecule has 2 aliphatic heterocycles. The zero-order valence-electron chi connectivity index (χ0n) is 11.2. The van der Waals surface area contributed by atoms with E-state index < -0.39 is 9.84 Å². The monoisotopic (exact) mass is 282 g/mol. The lowest BCUT2D eigenvalue weighted by atomic mass is 9.90. The number of sulfone groups is 1. The van der Waals surface area contributed by atoms with E-state index in [0.717, 1.165) is 17.4 Å². The van der Waals surface area contributed by atoms with Gasteiger partial charge in [-0.25, -0.2) is 8.42 Å². The number of phenolic OH excluding ortho intramolecular Hbond substituents is 1. The molecule has 19 heavy (non-hydrogen) atoms. The quantitative estimate of drug-likeness (QED) is 0.729. The lowest BCUT2D eigenvalue weighted by Crippen LogP contribution is -2.60. The summed E-state index contributed by atoms with van der Waals surface area (Å²) in [6.45, 7) is 4.58. The second-order valence-electron chi connectivity index (χ2n) is 5.85. The summed E-state index contributed by atoms with van der Waals surface area (Å²) in [7, 11) is -2.83. The molecule has 1 fully saturated rings. The largest absolute Gasteiger partial charge is 0.508 e. The van der Waals surface area contributed by atoms with Crippen LogP contribution in [0.1, 0.15) is 24.1 Å². The summed E-state index contributed by atoms with van der Waals surface area (Å²) in [6, 6.07) is 5.85. The molecular formula is C14H20NO3S+. The number of fused-ring (bicyclic) bond motifs is 1. The molecule has 1 aromatic rings. The lowest BCUT2D eigenvalue weighted by Gasteiger charge is -2.49. The minimum Gasteiger partial charge on any atom is -0.508 e. The van der Waals surface area contributed by atoms with Gasteiger partial charge in [0.05, 0.1) is 31.1 Å². The van der Waals surface area contributed by atoms with E-state index in [4.69, 9.17) is 0 Å². The van der Waals surface area contributed by atoms with Crippen molar-refractivity contribution >= 4 is 9.84 Å². The highest BCUT2D eigenvalue weighted by atomic mass is 32.2. The van der Waals surface area contributed by atoms with Crippen molar-refractivity contribution in [2.75, 3.05) is 31.1 Å². The van der Waals surface area contributed by atoms with Gasteiger partial charge < -0.3 is 9.59 Å². The molecule has 2 aliphatic rings. The van der Waals surface area contributed by atoms with Gasteiger partial charge in [0, 0.05) is 12.0 Å². The first-order valence-electron chi connectivity index (χ1n) is 6.80. The number of aromatic hydroxyl groups is 1. The summed E-state index contributed by atoms with van der Waals surface area (Å²) in [4.78, 5) is 0. The molecule has 4 nitrogen and oxygen atoms in total. The first kappa shape index (κ1) is 12.9. The van der Waals surface area contributed by atoms with E-state index in [9.17, 15) is 13.5 Å². The minimum atomic E-state index is -2.83. The average Bonchev–Trinajstić information content (AvgIpc) is 2.38. The maximum absolute atomic E-state index is 11.6. The van der Waals surface area contributed by atoms with Crippen LogP contribution in [0.2, 0.25) is 0 Å². The third-order valence-corrected chi connectivity index (χ3v) is 6.53. The second kappa shape index (κ2) is 4.21. The number of phenols is 1. The van der Waals surface area contributed by atoms with Gasteiger partial charge in [-0.3, -0.25) is 0 Å². The smallest absolute Gasteiger partial charge is 0.161 e. The number of quaternary nitrogens is 1. The van der Waals surface area contributed by atoms with Gasteiger partial charge in [-0.2, -0.15) is 0 Å². The van der Waals surface area contributed by atoms with Gasteiger partial charge >= 0.3 is 0 Å². The van der Waals surface area contributed by atoms with Crippen LogP contribution in [0, 0.1) is 0 Å². The Labute approximate surface area is 114 Å². The van der Waals surface area contributed by atoms with E-state index in [0.29, 0.717) is 30.3 Å². The summed E-state index contributed by atoms with van der Waals surface area (Å²) in [5.74, 6) is 0.895. The van der Waals surface area contributed by atoms with Gasteiger partial charge in [-0.05, 0) is 24.6 Å². The molecule has 1 unspecified atom stereocenters. The predicted octanol–water partition coefficient (Wildman–Crippen LogP) is 1.25. The molecule has 3 rings (SSSR count). The third-order valence-electron chi connectivity index (χ3n) is 4.92. The predicted molar refractivity (Wildman–Crippen MR) is 73.7 cm³/mol. The summed E-state index contributed by atoms with van der Waals surface area (Å²) in [5, 5.41) is 9.67. The van der Waals surface area contributed by atoms with Gasteiger partial charge in [0.15, 0.2) is 9.84 Å². The Balaban J connectivity index is 1.95. The Morgan fingerprint density at radius 2 is 1.89 bits per heavy atom. The molecule has 0 bridgehead atoms. The molecule has 0 saturated carbocycles. The standard InChI is InChI=1S/C14H19NO3S/c1-11-14-10-13(16)3-2-12(14)4-5-15(11)6-8-19(17,18)9-7-15/h2-3,10-11H,4-9H2,1H3/p+1. The van der Waals surface area contributed by atoms with Crippen LogP contribution in [0.5, 0.6) is 5.75 Å². The van der Waals surface area contributed by atoms with Crippen LogP contribution in [-0.2, 0) is 16.3 Å². The zero-order chi connectivity index (χ0) is 13.7. The van der Waals surface area contributed by atoms with Gasteiger partial charge in [-0.15, -0.1) is 0 Å². The highest BCUT2D eigenvalue weighted by Gasteiger charge is 2.43. The maximum Gasteiger partial charge on any atom is 0.161 e. The van der Waals surface area contributed by atoms with Crippen molar-refractivity contribution in [3.8, 4) is 5.75 Å². The van der Waals surface area contributed by atoms with Crippen LogP contribution in [0.3, 0.4) is 0 Å². The Morgan fingerprint density at radius 1 is 1.21 bits per heavy atom. The fourth-order valence-electron chi connectivity index (χ4n) is 3.50. The number of rotatable bonds is 0. The molecule has 0 radical (unpaired) electrons. The fourth-order valence-corrected chi connectivity index (χ4v) is 4.98. The van der Waals surface area contributed by atoms with Crippen molar-refractivity contribution < 1.29 is 18.0 Å². The molecule has 104 valence electrons. The Bertz CT molecular complexity index is 595. The Kier molecular flexibility index (Phi) is 2.87. The van der Waals surface area contributed by atoms with Gasteiger partial charge in [0.25, 0.3) is 0 Å². The normalized spacial score (nSPS) is 27.9. The van der Waals surface area contributed by atoms with E-state index in [1.807, 2.05) is 12.1 Å². The van der Waals surface area contributed by atoms with E-state index in [1.54, 1.807) is 6.07 Å². The minimum absolute atomic E-state index is 0.270. The van der Waals surface area contributed by atoms with Crippen molar-refractivity contribution in [3.63, 3.8) is 0 Å². The van der Waals surface area contributed by atoms with E-state index in [1.165, 1.54) is 11.1 Å². The van der Waals surface area contributed by atoms with Gasteiger partial charge in [0.2, 0.25) is 0 Å². The molecule has 2 heterocycles. The van der Waals surface area contributed by atoms with Crippen LogP contribution in [0.15, 0.2) is 18.2 Å². The van der Waals surface area contributed by atoms with Crippen molar-refractivity contribution in [1.82, 2.24) is 0 Å². The molecule has 1 aromatic carbocycles. The number of hydrogen-bond acceptors (Lipinski definition) is 3. The van der Waals surface area contributed by atoms with E-state index >= 15 is 0 Å². The molecule has 0 aromatic heterocycles. The maximum atomic E-state index is 11.6. The lowest BCUT2D eigenvalue weighted by molar-refractivity contribution is -0.954. The summed E-state index contributed by atoms with van der Waals surface area (Å²) >= 11 is 0. The van der Waals surface area contributed by atoms with Crippen molar-refractivity contribution in [3.05, 3.63) is 29.3 Å². The first-order chi connectivity index (χ1) is 8.92. The van der Waals surface area contributed by atoms with Crippen molar-refractivity contribution in [1.29, 1.82) is 0 Å². The molecule has 0 amide bonds. The molecule has 1 saturated heterocycles. The third kappa shape index (κ3) is 2.15. The van der Waals surface area contributed by atoms with Crippen molar-refractivity contribution in [2.45, 2.75) is 19.4 Å². The summed E-state index contributed by atoms with van der Waals surface area (Å²) < 4.78 is 24.1. The van der Waals surface area contributed by atoms with E-state index in [2.05, 4.69) is 6.92 Å². The number of hydrogen-bond donors (Lipinski definition) is 1. The molecular weight excluding hydrogens is 262 g/mol. The second-order valence-corrected chi connectivity index (χ2v) is 8.15. The van der Waals surface area contributed by atoms with E-state index in [-0.39, 0.29) is 6.04 Å². The highest BCUT2D eigenvalue weighted by molar-refractivity contribution is 7.91. The van der Waals surface area contributed by atoms with Crippen LogP contribution >= 0.6 is 0 Å². The number of nitrogens with zero attached hydrogens (tertiary/aromatic N) is 1. The molecule has 0 aliphatic carbocycles. The van der Waals surface area contributed by atoms with Crippen LogP contribution in [0.4, 0.5) is 0 Å². The van der Waals surface area contributed by atoms with Crippen LogP contribution < -0.4 is 0 Å². The SMILES string of the molecule is CC1c2cc(O)ccc2CC[N+]12CCS(=O)(=O)CC2. The molecule has 1 spiro atoms. The molecule has 1 atom stereocenters. The van der Waals surface area contributed by atoms with Gasteiger partial charge in [0.1, 0.15) is 11.8 Å². The molecule has 1 N–H and O–H groups in total. The zero-order valence-corrected chi connectivity index (χ0v) is 12.0. The van der Waals surface area contributed by atoms with Crippen LogP contribution in [0.25, 0.3) is 0 Å². The summed E-state index contributed by atoms with van der Waals surface area (Å²) in [5.41, 5.74) is 2.48. The summed E-state index contributed by atoms with van der Waals surface area (Å²) in [6.07, 6.45) is 0.972. The van der Waals surface area contributed by atoms with Crippen LogP contribution in [-0.4, -0.2) is 49.1 Å². The Morgan fingerprint density at radius 3 is 2.58 bits per heavy atom. The topological polar surface area (TPSA) is 54.4 Å². The Hall–Kier alpha value is -1.07. The highest BCUT2D eigenvalue weighted by Crippen LogP contribution is 2.38. The molecule has 5 heteroatoms. The van der Waals surface area contributed by atoms with Gasteiger partial charge in [-0.1, -0.05) is 6.07 Å². The number of benzene rings is 1.